The summed E-state index contributed by atoms with van der Waals surface area (Å²) in [6, 6.07) is 25.4. The average Bonchev–Trinajstić information content (AvgIpc) is 3.30. The molecule has 0 saturated carbocycles. The van der Waals surface area contributed by atoms with E-state index >= 15 is 0 Å². The van der Waals surface area contributed by atoms with Crippen LogP contribution in [0.25, 0.3) is 55.4 Å². The second-order valence-electron chi connectivity index (χ2n) is 12.6. The number of pyridine rings is 2. The second-order valence-corrected chi connectivity index (χ2v) is 12.6. The molecular weight excluding hydrogens is 707 g/mol. The predicted molar refractivity (Wildman–Crippen MR) is 163 cm³/mol. The molecule has 3 heterocycles. The van der Waals surface area contributed by atoms with Gasteiger partial charge < -0.3 is 4.98 Å². The van der Waals surface area contributed by atoms with E-state index in [1.54, 1.807) is 6.07 Å². The first-order valence-corrected chi connectivity index (χ1v) is 13.8. The number of rotatable bonds is 3. The summed E-state index contributed by atoms with van der Waals surface area (Å²) in [5.74, 6) is -1.54. The summed E-state index contributed by atoms with van der Waals surface area (Å²) in [6.45, 7) is 13.3. The van der Waals surface area contributed by atoms with Crippen LogP contribution in [-0.2, 0) is 31.9 Å². The van der Waals surface area contributed by atoms with Gasteiger partial charge in [-0.05, 0) is 44.4 Å². The molecule has 6 heteroatoms. The van der Waals surface area contributed by atoms with Gasteiger partial charge >= 0.3 is 21.1 Å². The quantitative estimate of drug-likeness (QED) is 0.134. The first kappa shape index (κ1) is 29.8. The third kappa shape index (κ3) is 5.43. The number of fused-ring (bicyclic) bond motifs is 3. The fourth-order valence-electron chi connectivity index (χ4n) is 5.32. The van der Waals surface area contributed by atoms with Gasteiger partial charge in [-0.15, -0.1) is 35.3 Å². The van der Waals surface area contributed by atoms with E-state index < -0.39 is 11.8 Å². The number of para-hydroxylation sites is 2. The minimum absolute atomic E-state index is 0. The second kappa shape index (κ2) is 10.9. The summed E-state index contributed by atoms with van der Waals surface area (Å²) in [6.07, 6.45) is 1.99. The van der Waals surface area contributed by atoms with E-state index in [1.165, 1.54) is 17.2 Å². The van der Waals surface area contributed by atoms with Crippen LogP contribution in [0.4, 0.5) is 8.78 Å². The number of aromatic nitrogens is 3. The Morgan fingerprint density at radius 2 is 1.33 bits per heavy atom. The van der Waals surface area contributed by atoms with E-state index in [9.17, 15) is 8.78 Å². The van der Waals surface area contributed by atoms with E-state index in [-0.39, 0.29) is 37.6 Å². The third-order valence-corrected chi connectivity index (χ3v) is 7.52. The Labute approximate surface area is 259 Å². The van der Waals surface area contributed by atoms with Crippen LogP contribution in [0.5, 0.6) is 0 Å². The van der Waals surface area contributed by atoms with Gasteiger partial charge in [0.1, 0.15) is 5.82 Å². The van der Waals surface area contributed by atoms with Crippen LogP contribution < -0.4 is 4.98 Å². The molecule has 0 aliphatic rings. The van der Waals surface area contributed by atoms with E-state index in [2.05, 4.69) is 82.9 Å². The number of nitrogens with zero attached hydrogens (tertiary/aromatic N) is 3. The maximum absolute atomic E-state index is 13.9. The summed E-state index contributed by atoms with van der Waals surface area (Å²) in [7, 11) is 0. The Morgan fingerprint density at radius 1 is 0.714 bits per heavy atom. The fourth-order valence-corrected chi connectivity index (χ4v) is 5.32. The molecule has 0 aliphatic heterocycles. The van der Waals surface area contributed by atoms with Crippen LogP contribution in [0.3, 0.4) is 0 Å². The smallest absolute Gasteiger partial charge is 0.662 e. The molecule has 6 aromatic rings. The average molecular weight is 739 g/mol. The Bertz CT molecular complexity index is 1920. The largest absolute Gasteiger partial charge is 2.00 e. The van der Waals surface area contributed by atoms with Crippen LogP contribution >= 0.6 is 0 Å². The van der Waals surface area contributed by atoms with Gasteiger partial charge in [0.15, 0.2) is 0 Å². The molecule has 0 amide bonds. The van der Waals surface area contributed by atoms with Crippen molar-refractivity contribution in [3.8, 4) is 33.6 Å². The van der Waals surface area contributed by atoms with Crippen LogP contribution in [-0.4, -0.2) is 9.97 Å². The van der Waals surface area contributed by atoms with Crippen LogP contribution in [0.15, 0.2) is 79.0 Å². The zero-order valence-electron chi connectivity index (χ0n) is 24.4. The van der Waals surface area contributed by atoms with Gasteiger partial charge in [-0.25, -0.2) is 4.39 Å². The van der Waals surface area contributed by atoms with Gasteiger partial charge in [0, 0.05) is 18.0 Å². The standard InChI is InChI=1S/C36H31F2N3.Pt/c1-35(2,3)23-17-29(36(4,5)6)34(39-20-23)28-15-9-14-27-26-13-8-12-25(32(26)41-33(27)28)21-10-7-11-22(16-21)30-18-24(37)19-31(38)40-30;/h7-15,17-20H,1-6H3;/q-2;+2. The maximum Gasteiger partial charge on any atom is 2.00 e. The number of hydrogen-bond acceptors (Lipinski definition) is 2. The van der Waals surface area contributed by atoms with Crippen molar-refractivity contribution in [3.63, 3.8) is 0 Å². The molecule has 0 saturated heterocycles. The molecule has 3 aromatic heterocycles. The summed E-state index contributed by atoms with van der Waals surface area (Å²) in [5, 5.41) is 2.07. The summed E-state index contributed by atoms with van der Waals surface area (Å²) < 4.78 is 27.8. The Hall–Kier alpha value is -3.69. The molecule has 0 bridgehead atoms. The van der Waals surface area contributed by atoms with Gasteiger partial charge in [0.05, 0.1) is 5.69 Å². The predicted octanol–water partition coefficient (Wildman–Crippen LogP) is 9.41. The minimum atomic E-state index is -0.865. The van der Waals surface area contributed by atoms with Gasteiger partial charge in [-0.1, -0.05) is 95.1 Å². The van der Waals surface area contributed by atoms with Gasteiger partial charge in [-0.2, -0.15) is 9.91 Å². The maximum atomic E-state index is 13.9. The fraction of sp³-hybridized carbons (Fsp3) is 0.222. The van der Waals surface area contributed by atoms with Crippen LogP contribution in [0.2, 0.25) is 0 Å². The van der Waals surface area contributed by atoms with Crippen molar-refractivity contribution < 1.29 is 29.8 Å². The Balaban J connectivity index is 0.00000353. The Kier molecular flexibility index (Phi) is 7.70. The normalized spacial score (nSPS) is 12.1. The van der Waals surface area contributed by atoms with Crippen molar-refractivity contribution in [2.75, 3.05) is 0 Å². The molecular formula is C36H31F2N3Pt. The number of benzene rings is 3. The number of hydrogen-bond donors (Lipinski definition) is 0. The van der Waals surface area contributed by atoms with E-state index in [0.717, 1.165) is 50.3 Å². The molecule has 0 radical (unpaired) electrons. The zero-order valence-corrected chi connectivity index (χ0v) is 26.7. The van der Waals surface area contributed by atoms with Gasteiger partial charge in [0.2, 0.25) is 5.95 Å². The van der Waals surface area contributed by atoms with Crippen molar-refractivity contribution >= 4 is 21.8 Å². The van der Waals surface area contributed by atoms with Crippen molar-refractivity contribution in [2.45, 2.75) is 52.4 Å². The molecule has 42 heavy (non-hydrogen) atoms. The molecule has 0 aliphatic carbocycles. The molecule has 0 atom stereocenters. The summed E-state index contributed by atoms with van der Waals surface area (Å²) >= 11 is 0. The van der Waals surface area contributed by atoms with Gasteiger partial charge in [-0.3, -0.25) is 9.97 Å². The SMILES string of the molecule is CC(C)(C)c1cnc(-c2cccc3c2[n-]c2c(-c4[c-]c(-c5cc(F)cc(F)n5)ccc4)cccc23)c(C(C)(C)C)c1.[Pt+2]. The number of halogens is 2. The van der Waals surface area contributed by atoms with Crippen LogP contribution in [0, 0.1) is 17.8 Å². The van der Waals surface area contributed by atoms with Crippen molar-refractivity contribution in [2.24, 2.45) is 0 Å². The molecule has 0 fully saturated rings. The topological polar surface area (TPSA) is 39.9 Å². The Morgan fingerprint density at radius 3 is 1.98 bits per heavy atom. The van der Waals surface area contributed by atoms with Crippen molar-refractivity contribution in [1.29, 1.82) is 0 Å². The third-order valence-electron chi connectivity index (χ3n) is 7.52. The molecule has 0 N–H and O–H groups in total. The monoisotopic (exact) mass is 738 g/mol. The molecule has 6 rings (SSSR count). The summed E-state index contributed by atoms with van der Waals surface area (Å²) in [4.78, 5) is 14.1. The van der Waals surface area contributed by atoms with E-state index in [1.807, 2.05) is 30.5 Å². The first-order chi connectivity index (χ1) is 19.4. The first-order valence-electron chi connectivity index (χ1n) is 13.8. The van der Waals surface area contributed by atoms with Crippen LogP contribution in [0.1, 0.15) is 52.7 Å². The molecule has 214 valence electrons. The molecule has 3 aromatic carbocycles. The van der Waals surface area contributed by atoms with E-state index in [0.29, 0.717) is 5.56 Å². The molecule has 0 unspecified atom stereocenters. The zero-order chi connectivity index (χ0) is 29.1. The minimum Gasteiger partial charge on any atom is -0.662 e. The van der Waals surface area contributed by atoms with Gasteiger partial charge in [0.25, 0.3) is 0 Å². The molecule has 3 nitrogen and oxygen atoms in total. The van der Waals surface area contributed by atoms with Crippen molar-refractivity contribution in [3.05, 3.63) is 108 Å². The van der Waals surface area contributed by atoms with E-state index in [4.69, 9.17) is 9.97 Å². The molecule has 0 spiro atoms. The van der Waals surface area contributed by atoms with Crippen molar-refractivity contribution in [1.82, 2.24) is 15.0 Å². The summed E-state index contributed by atoms with van der Waals surface area (Å²) in [5.41, 5.74) is 8.26.